The molecule has 0 spiro atoms. The highest BCUT2D eigenvalue weighted by molar-refractivity contribution is 5.78. The van der Waals surface area contributed by atoms with Crippen molar-refractivity contribution in [1.82, 2.24) is 5.32 Å². The van der Waals surface area contributed by atoms with Crippen molar-refractivity contribution >= 4 is 5.91 Å². The molecule has 1 unspecified atom stereocenters. The Morgan fingerprint density at radius 2 is 1.95 bits per heavy atom. The van der Waals surface area contributed by atoms with Crippen LogP contribution >= 0.6 is 0 Å². The summed E-state index contributed by atoms with van der Waals surface area (Å²) in [7, 11) is 0. The Morgan fingerprint density at radius 3 is 2.50 bits per heavy atom. The number of amides is 1. The van der Waals surface area contributed by atoms with Gasteiger partial charge in [-0.05, 0) is 44.5 Å². The van der Waals surface area contributed by atoms with Gasteiger partial charge in [0.1, 0.15) is 22.9 Å². The normalized spacial score (nSPS) is 13.7. The van der Waals surface area contributed by atoms with Crippen LogP contribution in [0.1, 0.15) is 29.6 Å². The third-order valence-corrected chi connectivity index (χ3v) is 3.53. The molecule has 22 heavy (non-hydrogen) atoms. The van der Waals surface area contributed by atoms with Crippen LogP contribution < -0.4 is 5.32 Å². The fraction of sp³-hybridized carbons (Fsp3) is 0.353. The Hall–Kier alpha value is -2.14. The lowest BCUT2D eigenvalue weighted by Gasteiger charge is -2.23. The molecule has 0 saturated heterocycles. The first kappa shape index (κ1) is 16.2. The van der Waals surface area contributed by atoms with E-state index in [9.17, 15) is 14.3 Å². The van der Waals surface area contributed by atoms with E-state index in [1.54, 1.807) is 39.0 Å². The predicted octanol–water partition coefficient (Wildman–Crippen LogP) is 2.60. The molecule has 0 aliphatic carbocycles. The van der Waals surface area contributed by atoms with Crippen LogP contribution in [0.2, 0.25) is 0 Å². The summed E-state index contributed by atoms with van der Waals surface area (Å²) in [5.74, 6) is 0.781. The number of carbonyl (C=O) groups excluding carboxylic acids is 1. The summed E-state index contributed by atoms with van der Waals surface area (Å²) in [5, 5.41) is 13.2. The molecule has 0 saturated carbocycles. The van der Waals surface area contributed by atoms with Gasteiger partial charge in [-0.2, -0.15) is 0 Å². The maximum Gasteiger partial charge on any atom is 0.224 e. The minimum Gasteiger partial charge on any atom is -0.466 e. The Kier molecular flexibility index (Phi) is 4.66. The highest BCUT2D eigenvalue weighted by Crippen LogP contribution is 2.26. The summed E-state index contributed by atoms with van der Waals surface area (Å²) < 4.78 is 18.2. The lowest BCUT2D eigenvalue weighted by atomic mass is 9.96. The molecule has 2 aromatic rings. The first-order valence-electron chi connectivity index (χ1n) is 7.09. The number of rotatable bonds is 5. The quantitative estimate of drug-likeness (QED) is 0.892. The molecule has 1 amide bonds. The zero-order chi connectivity index (χ0) is 16.3. The van der Waals surface area contributed by atoms with Gasteiger partial charge in [-0.25, -0.2) is 4.39 Å². The molecule has 4 nitrogen and oxygen atoms in total. The molecule has 2 N–H and O–H groups in total. The van der Waals surface area contributed by atoms with Gasteiger partial charge in [0, 0.05) is 5.56 Å². The maximum atomic E-state index is 12.8. The number of halogens is 1. The van der Waals surface area contributed by atoms with Crippen LogP contribution in [-0.4, -0.2) is 17.6 Å². The number of furan rings is 1. The second-order valence-electron chi connectivity index (χ2n) is 5.68. The minimum atomic E-state index is -1.21. The largest absolute Gasteiger partial charge is 0.466 e. The number of hydrogen-bond acceptors (Lipinski definition) is 3. The molecule has 118 valence electrons. The van der Waals surface area contributed by atoms with E-state index in [0.29, 0.717) is 22.6 Å². The molecule has 1 atom stereocenters. The predicted molar refractivity (Wildman–Crippen MR) is 80.9 cm³/mol. The Morgan fingerprint density at radius 1 is 1.32 bits per heavy atom. The molecule has 1 aromatic carbocycles. The van der Waals surface area contributed by atoms with Gasteiger partial charge in [0.25, 0.3) is 0 Å². The average Bonchev–Trinajstić information content (AvgIpc) is 2.79. The monoisotopic (exact) mass is 305 g/mol. The number of aryl methyl sites for hydroxylation is 2. The topological polar surface area (TPSA) is 62.5 Å². The van der Waals surface area contributed by atoms with E-state index in [0.717, 1.165) is 0 Å². The van der Waals surface area contributed by atoms with E-state index in [1.165, 1.54) is 12.1 Å². The highest BCUT2D eigenvalue weighted by Gasteiger charge is 2.28. The highest BCUT2D eigenvalue weighted by atomic mass is 19.1. The molecular formula is C17H20FNO3. The standard InChI is InChI=1S/C17H20FNO3/c1-11-8-15(12(2)22-11)17(3,21)10-19-16(20)9-13-4-6-14(18)7-5-13/h4-8,21H,9-10H2,1-3H3,(H,19,20). The van der Waals surface area contributed by atoms with E-state index in [1.807, 2.05) is 0 Å². The zero-order valence-corrected chi connectivity index (χ0v) is 12.9. The van der Waals surface area contributed by atoms with E-state index >= 15 is 0 Å². The lowest BCUT2D eigenvalue weighted by Crippen LogP contribution is -2.39. The number of aliphatic hydroxyl groups is 1. The van der Waals surface area contributed by atoms with Gasteiger partial charge >= 0.3 is 0 Å². The molecule has 2 rings (SSSR count). The summed E-state index contributed by atoms with van der Waals surface area (Å²) in [6.07, 6.45) is 0.139. The third kappa shape index (κ3) is 3.95. The lowest BCUT2D eigenvalue weighted by molar-refractivity contribution is -0.121. The maximum absolute atomic E-state index is 12.8. The number of hydrogen-bond donors (Lipinski definition) is 2. The summed E-state index contributed by atoms with van der Waals surface area (Å²) >= 11 is 0. The van der Waals surface area contributed by atoms with Crippen molar-refractivity contribution < 1.29 is 18.7 Å². The summed E-state index contributed by atoms with van der Waals surface area (Å²) in [6, 6.07) is 7.53. The van der Waals surface area contributed by atoms with Gasteiger partial charge in [-0.15, -0.1) is 0 Å². The Balaban J connectivity index is 1.95. The summed E-state index contributed by atoms with van der Waals surface area (Å²) in [5.41, 5.74) is 0.168. The van der Waals surface area contributed by atoms with Gasteiger partial charge in [0.2, 0.25) is 5.91 Å². The first-order chi connectivity index (χ1) is 10.3. The SMILES string of the molecule is Cc1cc(C(C)(O)CNC(=O)Cc2ccc(F)cc2)c(C)o1. The van der Waals surface area contributed by atoms with Crippen LogP contribution in [0, 0.1) is 19.7 Å². The van der Waals surface area contributed by atoms with Crippen LogP contribution in [0.25, 0.3) is 0 Å². The molecule has 5 heteroatoms. The van der Waals surface area contributed by atoms with Gasteiger partial charge in [0.05, 0.1) is 13.0 Å². The molecule has 0 radical (unpaired) electrons. The van der Waals surface area contributed by atoms with Crippen LogP contribution in [0.4, 0.5) is 4.39 Å². The van der Waals surface area contributed by atoms with Crippen molar-refractivity contribution in [2.24, 2.45) is 0 Å². The number of carbonyl (C=O) groups is 1. The van der Waals surface area contributed by atoms with E-state index < -0.39 is 5.60 Å². The van der Waals surface area contributed by atoms with Crippen LogP contribution in [-0.2, 0) is 16.8 Å². The van der Waals surface area contributed by atoms with Crippen LogP contribution in [0.5, 0.6) is 0 Å². The third-order valence-electron chi connectivity index (χ3n) is 3.53. The van der Waals surface area contributed by atoms with Crippen molar-refractivity contribution in [3.63, 3.8) is 0 Å². The molecule has 0 aliphatic heterocycles. The molecular weight excluding hydrogens is 285 g/mol. The molecule has 0 bridgehead atoms. The second-order valence-corrected chi connectivity index (χ2v) is 5.68. The van der Waals surface area contributed by atoms with Gasteiger partial charge in [-0.3, -0.25) is 4.79 Å². The number of benzene rings is 1. The first-order valence-corrected chi connectivity index (χ1v) is 7.09. The number of nitrogens with one attached hydrogen (secondary N) is 1. The smallest absolute Gasteiger partial charge is 0.224 e. The van der Waals surface area contributed by atoms with Crippen LogP contribution in [0.3, 0.4) is 0 Å². The van der Waals surface area contributed by atoms with E-state index in [2.05, 4.69) is 5.32 Å². The fourth-order valence-electron chi connectivity index (χ4n) is 2.38. The van der Waals surface area contributed by atoms with Crippen LogP contribution in [0.15, 0.2) is 34.7 Å². The van der Waals surface area contributed by atoms with Crippen molar-refractivity contribution in [1.29, 1.82) is 0 Å². The molecule has 1 aromatic heterocycles. The summed E-state index contributed by atoms with van der Waals surface area (Å²) in [4.78, 5) is 11.9. The zero-order valence-electron chi connectivity index (χ0n) is 12.9. The van der Waals surface area contributed by atoms with Gasteiger partial charge in [-0.1, -0.05) is 12.1 Å². The molecule has 0 fully saturated rings. The molecule has 0 aliphatic rings. The van der Waals surface area contributed by atoms with Crippen molar-refractivity contribution in [3.8, 4) is 0 Å². The fourth-order valence-corrected chi connectivity index (χ4v) is 2.38. The average molecular weight is 305 g/mol. The minimum absolute atomic E-state index is 0.0762. The van der Waals surface area contributed by atoms with Gasteiger partial charge in [0.15, 0.2) is 0 Å². The summed E-state index contributed by atoms with van der Waals surface area (Å²) in [6.45, 7) is 5.28. The van der Waals surface area contributed by atoms with Crippen molar-refractivity contribution in [3.05, 3.63) is 58.8 Å². The van der Waals surface area contributed by atoms with E-state index in [4.69, 9.17) is 4.42 Å². The van der Waals surface area contributed by atoms with Gasteiger partial charge < -0.3 is 14.8 Å². The molecule has 1 heterocycles. The Bertz CT molecular complexity index is 659. The van der Waals surface area contributed by atoms with E-state index in [-0.39, 0.29) is 24.7 Å². The second kappa shape index (κ2) is 6.32. The van der Waals surface area contributed by atoms with Crippen molar-refractivity contribution in [2.45, 2.75) is 32.8 Å². The van der Waals surface area contributed by atoms with Crippen molar-refractivity contribution in [2.75, 3.05) is 6.54 Å². The Labute approximate surface area is 129 Å².